The molecule has 0 aromatic rings. The third-order valence-corrected chi connectivity index (χ3v) is 2.59. The van der Waals surface area contributed by atoms with Crippen molar-refractivity contribution in [2.24, 2.45) is 0 Å². The van der Waals surface area contributed by atoms with Crippen molar-refractivity contribution >= 4 is 29.2 Å². The fourth-order valence-electron chi connectivity index (χ4n) is 0.733. The first-order valence-electron chi connectivity index (χ1n) is 4.10. The van der Waals surface area contributed by atoms with Crippen molar-refractivity contribution in [3.05, 3.63) is 12.2 Å². The molecule has 0 amide bonds. The minimum Gasteiger partial charge on any atom is -0.466 e. The number of halogens is 2. The Hall–Kier alpha value is -0.210. The fourth-order valence-corrected chi connectivity index (χ4v) is 0.985. The van der Waals surface area contributed by atoms with E-state index in [0.29, 0.717) is 0 Å². The summed E-state index contributed by atoms with van der Waals surface area (Å²) in [5, 5.41) is -0.0999. The molecule has 0 aromatic carbocycles. The van der Waals surface area contributed by atoms with Gasteiger partial charge >= 0.3 is 5.97 Å². The lowest BCUT2D eigenvalue weighted by atomic mass is 10.2. The Balaban J connectivity index is 3.55. The van der Waals surface area contributed by atoms with Crippen molar-refractivity contribution in [1.29, 1.82) is 0 Å². The largest absolute Gasteiger partial charge is 0.466 e. The smallest absolute Gasteiger partial charge is 0.330 e. The quantitative estimate of drug-likeness (QED) is 0.408. The van der Waals surface area contributed by atoms with Crippen molar-refractivity contribution in [3.8, 4) is 0 Å². The van der Waals surface area contributed by atoms with E-state index in [9.17, 15) is 4.79 Å². The number of rotatable bonds is 5. The lowest BCUT2D eigenvalue weighted by Gasteiger charge is -2.08. The van der Waals surface area contributed by atoms with Gasteiger partial charge in [-0.05, 0) is 19.8 Å². The minimum absolute atomic E-state index is 0.0480. The maximum atomic E-state index is 10.6. The van der Waals surface area contributed by atoms with Gasteiger partial charge in [0.2, 0.25) is 0 Å². The molecule has 0 saturated heterocycles. The van der Waals surface area contributed by atoms with Gasteiger partial charge in [-0.25, -0.2) is 4.79 Å². The molecule has 0 bridgehead atoms. The van der Waals surface area contributed by atoms with Gasteiger partial charge in [0.25, 0.3) is 0 Å². The summed E-state index contributed by atoms with van der Waals surface area (Å²) in [5.41, 5.74) is 0. The number of esters is 1. The van der Waals surface area contributed by atoms with Crippen LogP contribution in [-0.2, 0) is 9.53 Å². The van der Waals surface area contributed by atoms with E-state index in [1.165, 1.54) is 13.2 Å². The minimum atomic E-state index is -0.343. The number of carbonyl (C=O) groups is 1. The van der Waals surface area contributed by atoms with Gasteiger partial charge in [-0.2, -0.15) is 0 Å². The second-order valence-corrected chi connectivity index (χ2v) is 3.95. The summed E-state index contributed by atoms with van der Waals surface area (Å²) in [7, 11) is 1.35. The van der Waals surface area contributed by atoms with Crippen LogP contribution >= 0.6 is 23.2 Å². The van der Waals surface area contributed by atoms with Crippen molar-refractivity contribution < 1.29 is 9.53 Å². The van der Waals surface area contributed by atoms with Crippen LogP contribution in [0.15, 0.2) is 12.2 Å². The molecule has 0 spiro atoms. The average Bonchev–Trinajstić information content (AvgIpc) is 2.11. The van der Waals surface area contributed by atoms with E-state index in [4.69, 9.17) is 23.2 Å². The summed E-state index contributed by atoms with van der Waals surface area (Å²) in [4.78, 5) is 10.6. The van der Waals surface area contributed by atoms with E-state index in [1.54, 1.807) is 6.08 Å². The number of ether oxygens (including phenoxy) is 1. The molecule has 0 aromatic heterocycles. The molecule has 0 unspecified atom stereocenters. The van der Waals surface area contributed by atoms with Gasteiger partial charge in [0.05, 0.1) is 7.11 Å². The highest BCUT2D eigenvalue weighted by Gasteiger charge is 2.09. The topological polar surface area (TPSA) is 26.3 Å². The molecule has 0 heterocycles. The van der Waals surface area contributed by atoms with Crippen LogP contribution < -0.4 is 0 Å². The highest BCUT2D eigenvalue weighted by Crippen LogP contribution is 2.14. The van der Waals surface area contributed by atoms with Crippen LogP contribution in [0.5, 0.6) is 0 Å². The summed E-state index contributed by atoms with van der Waals surface area (Å²) in [5.74, 6) is -0.343. The molecule has 2 atom stereocenters. The molecule has 0 N–H and O–H groups in total. The number of hydrogen-bond donors (Lipinski definition) is 0. The predicted octanol–water partition coefficient (Wildman–Crippen LogP) is 2.73. The summed E-state index contributed by atoms with van der Waals surface area (Å²) in [6.45, 7) is 1.85. The van der Waals surface area contributed by atoms with Crippen molar-refractivity contribution in [2.45, 2.75) is 30.5 Å². The molecule has 0 saturated carbocycles. The average molecular weight is 225 g/mol. The summed E-state index contributed by atoms with van der Waals surface area (Å²) in [6, 6.07) is 0. The highest BCUT2D eigenvalue weighted by molar-refractivity contribution is 6.29. The lowest BCUT2D eigenvalue weighted by Crippen LogP contribution is -2.09. The standard InChI is InChI=1S/C9H14Cl2O2/c1-7(10)8(11)5-3-4-6-9(12)13-2/h4,6-8H,3,5H2,1-2H3/b6-4+/t7-,8+/m0/s1. The molecule has 0 rings (SSSR count). The normalized spacial score (nSPS) is 15.7. The molecule has 13 heavy (non-hydrogen) atoms. The number of hydrogen-bond acceptors (Lipinski definition) is 2. The third kappa shape index (κ3) is 6.91. The lowest BCUT2D eigenvalue weighted by molar-refractivity contribution is -0.134. The SMILES string of the molecule is COC(=O)/C=C/CC[C@@H](Cl)[C@H](C)Cl. The first-order valence-corrected chi connectivity index (χ1v) is 4.97. The van der Waals surface area contributed by atoms with Crippen LogP contribution in [0.1, 0.15) is 19.8 Å². The van der Waals surface area contributed by atoms with Crippen LogP contribution in [0.3, 0.4) is 0 Å². The first kappa shape index (κ1) is 12.8. The van der Waals surface area contributed by atoms with Gasteiger partial charge in [-0.15, -0.1) is 23.2 Å². The Morgan fingerprint density at radius 3 is 2.62 bits per heavy atom. The Morgan fingerprint density at radius 1 is 1.54 bits per heavy atom. The first-order chi connectivity index (χ1) is 6.07. The number of allylic oxidation sites excluding steroid dienone is 1. The van der Waals surface area contributed by atoms with Crippen LogP contribution in [0.25, 0.3) is 0 Å². The summed E-state index contributed by atoms with van der Waals surface area (Å²) < 4.78 is 4.42. The highest BCUT2D eigenvalue weighted by atomic mass is 35.5. The molecule has 0 radical (unpaired) electrons. The zero-order valence-corrected chi connectivity index (χ0v) is 9.31. The molecule has 0 aliphatic heterocycles. The van der Waals surface area contributed by atoms with E-state index in [2.05, 4.69) is 4.74 Å². The number of methoxy groups -OCH3 is 1. The van der Waals surface area contributed by atoms with Gasteiger partial charge in [-0.3, -0.25) is 0 Å². The Labute approximate surface area is 88.9 Å². The molecule has 2 nitrogen and oxygen atoms in total. The van der Waals surface area contributed by atoms with Gasteiger partial charge in [-0.1, -0.05) is 6.08 Å². The fraction of sp³-hybridized carbons (Fsp3) is 0.667. The predicted molar refractivity (Wildman–Crippen MR) is 55.3 cm³/mol. The van der Waals surface area contributed by atoms with Gasteiger partial charge in [0.15, 0.2) is 0 Å². The Morgan fingerprint density at radius 2 is 2.15 bits per heavy atom. The van der Waals surface area contributed by atoms with E-state index in [0.717, 1.165) is 12.8 Å². The molecular weight excluding hydrogens is 211 g/mol. The third-order valence-electron chi connectivity index (χ3n) is 1.56. The molecule has 0 fully saturated rings. The second kappa shape index (κ2) is 7.22. The van der Waals surface area contributed by atoms with Crippen molar-refractivity contribution in [2.75, 3.05) is 7.11 Å². The van der Waals surface area contributed by atoms with E-state index in [1.807, 2.05) is 6.92 Å². The van der Waals surface area contributed by atoms with E-state index < -0.39 is 0 Å². The van der Waals surface area contributed by atoms with Crippen molar-refractivity contribution in [3.63, 3.8) is 0 Å². The molecule has 4 heteroatoms. The van der Waals surface area contributed by atoms with E-state index >= 15 is 0 Å². The van der Waals surface area contributed by atoms with Gasteiger partial charge < -0.3 is 4.74 Å². The summed E-state index contributed by atoms with van der Waals surface area (Å²) in [6.07, 6.45) is 4.63. The summed E-state index contributed by atoms with van der Waals surface area (Å²) >= 11 is 11.6. The van der Waals surface area contributed by atoms with Crippen molar-refractivity contribution in [1.82, 2.24) is 0 Å². The maximum Gasteiger partial charge on any atom is 0.330 e. The number of alkyl halides is 2. The van der Waals surface area contributed by atoms with Gasteiger partial charge in [0, 0.05) is 16.8 Å². The van der Waals surface area contributed by atoms with Crippen LogP contribution in [0.4, 0.5) is 0 Å². The zero-order valence-electron chi connectivity index (χ0n) is 7.80. The van der Waals surface area contributed by atoms with Crippen LogP contribution in [-0.4, -0.2) is 23.8 Å². The maximum absolute atomic E-state index is 10.6. The van der Waals surface area contributed by atoms with Gasteiger partial charge in [0.1, 0.15) is 0 Å². The molecule has 0 aliphatic carbocycles. The molecular formula is C9H14Cl2O2. The second-order valence-electron chi connectivity index (χ2n) is 2.70. The van der Waals surface area contributed by atoms with E-state index in [-0.39, 0.29) is 16.7 Å². The van der Waals surface area contributed by atoms with Crippen LogP contribution in [0.2, 0.25) is 0 Å². The molecule has 0 aliphatic rings. The Kier molecular flexibility index (Phi) is 7.10. The monoisotopic (exact) mass is 224 g/mol. The zero-order chi connectivity index (χ0) is 10.3. The molecule has 76 valence electrons. The Bertz CT molecular complexity index is 178. The van der Waals surface area contributed by atoms with Crippen LogP contribution in [0, 0.1) is 0 Å². The number of carbonyl (C=O) groups excluding carboxylic acids is 1.